The minimum atomic E-state index is -0.0467. The Hall–Kier alpha value is -1.84. The van der Waals surface area contributed by atoms with Gasteiger partial charge in [0.05, 0.1) is 5.75 Å². The zero-order valence-corrected chi connectivity index (χ0v) is 18.9. The lowest BCUT2D eigenvalue weighted by Gasteiger charge is -2.30. The summed E-state index contributed by atoms with van der Waals surface area (Å²) in [6.45, 7) is 4.36. The Labute approximate surface area is 182 Å². The van der Waals surface area contributed by atoms with Gasteiger partial charge in [-0.2, -0.15) is 4.98 Å². The molecule has 1 atom stereocenters. The van der Waals surface area contributed by atoms with Crippen molar-refractivity contribution in [2.75, 3.05) is 35.3 Å². The van der Waals surface area contributed by atoms with Crippen molar-refractivity contribution in [2.45, 2.75) is 29.7 Å². The minimum absolute atomic E-state index is 0.0467. The highest BCUT2D eigenvalue weighted by Crippen LogP contribution is 2.35. The standard InChI is InChI=1S/C20H23N5OS3/c1-13-5-4-8-25(10-13)20-24-18-17(29-20)19(22-12-21-18)28-11-16(26)23-14-6-3-7-15(9-14)27-2/h3,6-7,9,12-13H,4-5,8,10-11H2,1-2H3,(H,23,26). The van der Waals surface area contributed by atoms with Crippen LogP contribution in [-0.2, 0) is 4.79 Å². The van der Waals surface area contributed by atoms with Crippen molar-refractivity contribution in [3.05, 3.63) is 30.6 Å². The highest BCUT2D eigenvalue weighted by atomic mass is 32.2. The number of hydrogen-bond donors (Lipinski definition) is 1. The molecule has 1 aliphatic heterocycles. The molecule has 1 N–H and O–H groups in total. The van der Waals surface area contributed by atoms with E-state index in [4.69, 9.17) is 4.98 Å². The van der Waals surface area contributed by atoms with Gasteiger partial charge < -0.3 is 10.2 Å². The third-order valence-corrected chi connectivity index (χ3v) is 7.72. The van der Waals surface area contributed by atoms with Crippen molar-refractivity contribution in [1.82, 2.24) is 15.0 Å². The van der Waals surface area contributed by atoms with Crippen molar-refractivity contribution in [1.29, 1.82) is 0 Å². The Kier molecular flexibility index (Phi) is 6.56. The van der Waals surface area contributed by atoms with Gasteiger partial charge in [0.25, 0.3) is 0 Å². The molecule has 1 fully saturated rings. The average molecular weight is 446 g/mol. The maximum Gasteiger partial charge on any atom is 0.234 e. The van der Waals surface area contributed by atoms with Crippen LogP contribution < -0.4 is 10.2 Å². The van der Waals surface area contributed by atoms with E-state index in [0.29, 0.717) is 17.3 Å². The molecule has 3 heterocycles. The normalized spacial score (nSPS) is 16.9. The van der Waals surface area contributed by atoms with E-state index >= 15 is 0 Å². The zero-order chi connectivity index (χ0) is 20.2. The molecule has 29 heavy (non-hydrogen) atoms. The molecule has 1 aliphatic rings. The molecule has 1 saturated heterocycles. The third-order valence-electron chi connectivity index (χ3n) is 4.77. The van der Waals surface area contributed by atoms with E-state index in [1.165, 1.54) is 30.9 Å². The predicted octanol–water partition coefficient (Wildman–Crippen LogP) is 4.78. The van der Waals surface area contributed by atoms with Gasteiger partial charge in [0.2, 0.25) is 5.91 Å². The second-order valence-corrected chi connectivity index (χ2v) is 9.91. The first-order valence-electron chi connectivity index (χ1n) is 9.55. The van der Waals surface area contributed by atoms with E-state index in [1.54, 1.807) is 23.1 Å². The molecule has 0 bridgehead atoms. The molecule has 0 saturated carbocycles. The van der Waals surface area contributed by atoms with Crippen molar-refractivity contribution in [2.24, 2.45) is 5.92 Å². The molecule has 0 aliphatic carbocycles. The summed E-state index contributed by atoms with van der Waals surface area (Å²) in [5, 5.41) is 4.78. The number of hydrogen-bond acceptors (Lipinski definition) is 8. The van der Waals surface area contributed by atoms with Gasteiger partial charge in [-0.15, -0.1) is 11.8 Å². The molecule has 6 nitrogen and oxygen atoms in total. The number of fused-ring (bicyclic) bond motifs is 1. The molecule has 9 heteroatoms. The topological polar surface area (TPSA) is 71.0 Å². The van der Waals surface area contributed by atoms with Gasteiger partial charge in [-0.1, -0.05) is 36.1 Å². The van der Waals surface area contributed by atoms with Gasteiger partial charge in [0.1, 0.15) is 16.1 Å². The van der Waals surface area contributed by atoms with Crippen LogP contribution in [0.4, 0.5) is 10.8 Å². The number of piperidine rings is 1. The minimum Gasteiger partial charge on any atom is -0.348 e. The van der Waals surface area contributed by atoms with Crippen LogP contribution in [0.25, 0.3) is 10.3 Å². The lowest BCUT2D eigenvalue weighted by atomic mass is 10.0. The largest absolute Gasteiger partial charge is 0.348 e. The lowest BCUT2D eigenvalue weighted by Crippen LogP contribution is -2.34. The average Bonchev–Trinajstić information content (AvgIpc) is 3.17. The van der Waals surface area contributed by atoms with E-state index < -0.39 is 0 Å². The summed E-state index contributed by atoms with van der Waals surface area (Å²) in [5.41, 5.74) is 1.53. The van der Waals surface area contributed by atoms with E-state index in [1.807, 2.05) is 30.5 Å². The van der Waals surface area contributed by atoms with Gasteiger partial charge in [-0.3, -0.25) is 4.79 Å². The van der Waals surface area contributed by atoms with Gasteiger partial charge in [0, 0.05) is 23.7 Å². The maximum absolute atomic E-state index is 12.4. The van der Waals surface area contributed by atoms with Crippen molar-refractivity contribution >= 4 is 61.9 Å². The van der Waals surface area contributed by atoms with Gasteiger partial charge in [-0.25, -0.2) is 9.97 Å². The number of nitrogens with one attached hydrogen (secondary N) is 1. The molecule has 152 valence electrons. The summed E-state index contributed by atoms with van der Waals surface area (Å²) in [6, 6.07) is 7.85. The molecule has 0 spiro atoms. The van der Waals surface area contributed by atoms with Crippen LogP contribution in [0.15, 0.2) is 40.5 Å². The number of benzene rings is 1. The first-order chi connectivity index (χ1) is 14.1. The fraction of sp³-hybridized carbons (Fsp3) is 0.400. The Morgan fingerprint density at radius 3 is 3.10 bits per heavy atom. The number of amides is 1. The van der Waals surface area contributed by atoms with E-state index in [0.717, 1.165) is 38.5 Å². The number of carbonyl (C=O) groups excluding carboxylic acids is 1. The fourth-order valence-corrected chi connectivity index (χ4v) is 5.74. The molecule has 2 aromatic heterocycles. The van der Waals surface area contributed by atoms with Crippen LogP contribution in [-0.4, -0.2) is 46.0 Å². The van der Waals surface area contributed by atoms with Gasteiger partial charge >= 0.3 is 0 Å². The van der Waals surface area contributed by atoms with Crippen LogP contribution in [0, 0.1) is 5.92 Å². The summed E-state index contributed by atoms with van der Waals surface area (Å²) >= 11 is 4.71. The molecule has 1 amide bonds. The van der Waals surface area contributed by atoms with Crippen LogP contribution in [0.5, 0.6) is 0 Å². The van der Waals surface area contributed by atoms with Crippen LogP contribution >= 0.6 is 34.9 Å². The number of carbonyl (C=O) groups is 1. The van der Waals surface area contributed by atoms with E-state index in [2.05, 4.69) is 27.1 Å². The van der Waals surface area contributed by atoms with Crippen LogP contribution in [0.1, 0.15) is 19.8 Å². The fourth-order valence-electron chi connectivity index (χ4n) is 3.36. The lowest BCUT2D eigenvalue weighted by molar-refractivity contribution is -0.113. The number of aromatic nitrogens is 3. The van der Waals surface area contributed by atoms with E-state index in [9.17, 15) is 4.79 Å². The Morgan fingerprint density at radius 2 is 2.28 bits per heavy atom. The number of thiazole rings is 1. The Bertz CT molecular complexity index is 1010. The quantitative estimate of drug-likeness (QED) is 0.433. The number of thioether (sulfide) groups is 2. The molecule has 1 aromatic carbocycles. The SMILES string of the molecule is CSc1cccc(NC(=O)CSc2ncnc3nc(N4CCCC(C)C4)sc23)c1. The van der Waals surface area contributed by atoms with Crippen molar-refractivity contribution in [3.8, 4) is 0 Å². The molecule has 4 rings (SSSR count). The first-order valence-corrected chi connectivity index (χ1v) is 12.6. The summed E-state index contributed by atoms with van der Waals surface area (Å²) in [5.74, 6) is 0.933. The molecular weight excluding hydrogens is 422 g/mol. The summed E-state index contributed by atoms with van der Waals surface area (Å²) in [7, 11) is 0. The number of nitrogens with zero attached hydrogens (tertiary/aromatic N) is 4. The highest BCUT2D eigenvalue weighted by molar-refractivity contribution is 8.00. The van der Waals surface area contributed by atoms with Gasteiger partial charge in [-0.05, 0) is 43.2 Å². The molecular formula is C20H23N5OS3. The molecule has 0 radical (unpaired) electrons. The monoisotopic (exact) mass is 445 g/mol. The van der Waals surface area contributed by atoms with E-state index in [-0.39, 0.29) is 5.91 Å². The second-order valence-electron chi connectivity index (χ2n) is 7.09. The van der Waals surface area contributed by atoms with Crippen LogP contribution in [0.3, 0.4) is 0 Å². The number of rotatable bonds is 6. The molecule has 3 aromatic rings. The third kappa shape index (κ3) is 5.02. The number of anilines is 2. The Morgan fingerprint density at radius 1 is 1.38 bits per heavy atom. The summed E-state index contributed by atoms with van der Waals surface area (Å²) < 4.78 is 0.961. The van der Waals surface area contributed by atoms with Crippen LogP contribution in [0.2, 0.25) is 0 Å². The second kappa shape index (κ2) is 9.32. The molecule has 1 unspecified atom stereocenters. The smallest absolute Gasteiger partial charge is 0.234 e. The van der Waals surface area contributed by atoms with Crippen molar-refractivity contribution in [3.63, 3.8) is 0 Å². The van der Waals surface area contributed by atoms with Crippen molar-refractivity contribution < 1.29 is 4.79 Å². The van der Waals surface area contributed by atoms with Gasteiger partial charge in [0.15, 0.2) is 10.8 Å². The highest BCUT2D eigenvalue weighted by Gasteiger charge is 2.21. The predicted molar refractivity (Wildman–Crippen MR) is 123 cm³/mol. The maximum atomic E-state index is 12.4. The first kappa shape index (κ1) is 20.4. The summed E-state index contributed by atoms with van der Waals surface area (Å²) in [6.07, 6.45) is 6.03. The summed E-state index contributed by atoms with van der Waals surface area (Å²) in [4.78, 5) is 29.3. The zero-order valence-electron chi connectivity index (χ0n) is 16.4. The Balaban J connectivity index is 1.44.